The van der Waals surface area contributed by atoms with Gasteiger partial charge in [0.25, 0.3) is 0 Å². The first kappa shape index (κ1) is 14.8. The molecule has 1 saturated heterocycles. The van der Waals surface area contributed by atoms with E-state index in [1.807, 2.05) is 12.1 Å². The first-order valence-electron chi connectivity index (χ1n) is 8.00. The van der Waals surface area contributed by atoms with Crippen molar-refractivity contribution in [1.82, 2.24) is 14.9 Å². The van der Waals surface area contributed by atoms with Gasteiger partial charge < -0.3 is 10.7 Å². The highest BCUT2D eigenvalue weighted by Crippen LogP contribution is 2.28. The number of imidazole rings is 1. The minimum atomic E-state index is -0.402. The molecule has 1 aromatic heterocycles. The Morgan fingerprint density at radius 3 is 2.87 bits per heavy atom. The first-order valence-corrected chi connectivity index (χ1v) is 9.16. The predicted octanol–water partition coefficient (Wildman–Crippen LogP) is 2.04. The maximum Gasteiger partial charge on any atom is 0.248 e. The highest BCUT2D eigenvalue weighted by atomic mass is 32.2. The van der Waals surface area contributed by atoms with E-state index in [9.17, 15) is 4.79 Å². The van der Waals surface area contributed by atoms with Crippen molar-refractivity contribution in [2.45, 2.75) is 25.4 Å². The Labute approximate surface area is 139 Å². The van der Waals surface area contributed by atoms with Crippen LogP contribution < -0.4 is 5.73 Å². The number of hydrogen-bond acceptors (Lipinski definition) is 4. The third-order valence-corrected chi connectivity index (χ3v) is 5.87. The molecule has 2 aromatic rings. The van der Waals surface area contributed by atoms with E-state index in [-0.39, 0.29) is 0 Å². The van der Waals surface area contributed by atoms with Crippen molar-refractivity contribution in [2.75, 3.05) is 18.1 Å². The summed E-state index contributed by atoms with van der Waals surface area (Å²) in [7, 11) is 0. The van der Waals surface area contributed by atoms with Gasteiger partial charge in [0.2, 0.25) is 5.91 Å². The number of amides is 1. The molecule has 5 nitrogen and oxygen atoms in total. The van der Waals surface area contributed by atoms with Crippen LogP contribution in [0.15, 0.2) is 24.3 Å². The van der Waals surface area contributed by atoms with Crippen LogP contribution in [0.2, 0.25) is 0 Å². The highest BCUT2D eigenvalue weighted by Gasteiger charge is 2.28. The van der Waals surface area contributed by atoms with Crippen LogP contribution in [-0.4, -0.2) is 44.9 Å². The SMILES string of the molecule is NC(=O)c1ccc(-c2nc3c([nH]2)CN([C@H]2CCSC2)CC3)cc1. The summed E-state index contributed by atoms with van der Waals surface area (Å²) in [5, 5.41) is 0. The topological polar surface area (TPSA) is 75.0 Å². The summed E-state index contributed by atoms with van der Waals surface area (Å²) in [4.78, 5) is 22.0. The van der Waals surface area contributed by atoms with E-state index >= 15 is 0 Å². The lowest BCUT2D eigenvalue weighted by molar-refractivity contribution is 0.100. The standard InChI is InChI=1S/C17H20N4OS/c18-16(22)11-1-3-12(4-2-11)17-19-14-5-7-21(9-15(14)20-17)13-6-8-23-10-13/h1-4,13H,5-10H2,(H2,18,22)(H,19,20)/t13-/m0/s1. The second kappa shape index (κ2) is 6.02. The number of primary amides is 1. The van der Waals surface area contributed by atoms with Crippen LogP contribution in [0.1, 0.15) is 28.2 Å². The average Bonchev–Trinajstić information content (AvgIpc) is 3.23. The van der Waals surface area contributed by atoms with Crippen molar-refractivity contribution in [1.29, 1.82) is 0 Å². The van der Waals surface area contributed by atoms with Crippen molar-refractivity contribution >= 4 is 17.7 Å². The smallest absolute Gasteiger partial charge is 0.248 e. The number of hydrogen-bond donors (Lipinski definition) is 2. The number of carbonyl (C=O) groups is 1. The summed E-state index contributed by atoms with van der Waals surface area (Å²) in [5.41, 5.74) is 9.22. The van der Waals surface area contributed by atoms with Crippen molar-refractivity contribution in [3.05, 3.63) is 41.2 Å². The Balaban J connectivity index is 1.55. The Bertz CT molecular complexity index is 719. The lowest BCUT2D eigenvalue weighted by Gasteiger charge is -2.31. The number of carbonyl (C=O) groups excluding carboxylic acids is 1. The van der Waals surface area contributed by atoms with E-state index in [4.69, 9.17) is 10.7 Å². The Morgan fingerprint density at radius 2 is 2.17 bits per heavy atom. The highest BCUT2D eigenvalue weighted by molar-refractivity contribution is 7.99. The van der Waals surface area contributed by atoms with Gasteiger partial charge in [0, 0.05) is 42.4 Å². The number of aromatic nitrogens is 2. The van der Waals surface area contributed by atoms with E-state index in [1.165, 1.54) is 29.3 Å². The van der Waals surface area contributed by atoms with E-state index in [0.717, 1.165) is 36.9 Å². The van der Waals surface area contributed by atoms with Crippen LogP contribution in [0.3, 0.4) is 0 Å². The molecule has 2 aliphatic rings. The minimum absolute atomic E-state index is 0.402. The van der Waals surface area contributed by atoms with Gasteiger partial charge in [0.05, 0.1) is 11.4 Å². The van der Waals surface area contributed by atoms with E-state index in [2.05, 4.69) is 21.6 Å². The number of thioether (sulfide) groups is 1. The van der Waals surface area contributed by atoms with Gasteiger partial charge in [-0.3, -0.25) is 9.69 Å². The minimum Gasteiger partial charge on any atom is -0.366 e. The summed E-state index contributed by atoms with van der Waals surface area (Å²) in [5.74, 6) is 3.02. The third-order valence-electron chi connectivity index (χ3n) is 4.73. The summed E-state index contributed by atoms with van der Waals surface area (Å²) < 4.78 is 0. The second-order valence-electron chi connectivity index (χ2n) is 6.19. The van der Waals surface area contributed by atoms with Gasteiger partial charge in [-0.05, 0) is 24.3 Å². The molecule has 6 heteroatoms. The zero-order chi connectivity index (χ0) is 15.8. The van der Waals surface area contributed by atoms with Crippen LogP contribution >= 0.6 is 11.8 Å². The van der Waals surface area contributed by atoms with E-state index in [1.54, 1.807) is 12.1 Å². The number of nitrogens with one attached hydrogen (secondary N) is 1. The van der Waals surface area contributed by atoms with Crippen molar-refractivity contribution in [3.8, 4) is 11.4 Å². The molecule has 3 N–H and O–H groups in total. The molecule has 1 amide bonds. The summed E-state index contributed by atoms with van der Waals surface area (Å²) in [6.07, 6.45) is 2.31. The number of nitrogens with two attached hydrogens (primary N) is 1. The number of benzene rings is 1. The summed E-state index contributed by atoms with van der Waals surface area (Å²) in [6, 6.07) is 8.02. The third kappa shape index (κ3) is 2.88. The van der Waals surface area contributed by atoms with Gasteiger partial charge in [-0.2, -0.15) is 11.8 Å². The largest absolute Gasteiger partial charge is 0.366 e. The maximum atomic E-state index is 11.2. The lowest BCUT2D eigenvalue weighted by Crippen LogP contribution is -2.39. The van der Waals surface area contributed by atoms with Crippen LogP contribution in [0, 0.1) is 0 Å². The fourth-order valence-electron chi connectivity index (χ4n) is 3.37. The van der Waals surface area contributed by atoms with Crippen molar-refractivity contribution in [3.63, 3.8) is 0 Å². The maximum absolute atomic E-state index is 11.2. The van der Waals surface area contributed by atoms with Gasteiger partial charge in [0.15, 0.2) is 0 Å². The summed E-state index contributed by atoms with van der Waals surface area (Å²) >= 11 is 2.06. The lowest BCUT2D eigenvalue weighted by atomic mass is 10.1. The number of aromatic amines is 1. The van der Waals surface area contributed by atoms with Gasteiger partial charge in [-0.25, -0.2) is 4.98 Å². The van der Waals surface area contributed by atoms with Crippen LogP contribution in [0.5, 0.6) is 0 Å². The van der Waals surface area contributed by atoms with E-state index < -0.39 is 5.91 Å². The second-order valence-corrected chi connectivity index (χ2v) is 7.34. The fraction of sp³-hybridized carbons (Fsp3) is 0.412. The van der Waals surface area contributed by atoms with Crippen LogP contribution in [0.4, 0.5) is 0 Å². The van der Waals surface area contributed by atoms with Gasteiger partial charge in [-0.1, -0.05) is 12.1 Å². The van der Waals surface area contributed by atoms with Crippen LogP contribution in [0.25, 0.3) is 11.4 Å². The van der Waals surface area contributed by atoms with Crippen LogP contribution in [-0.2, 0) is 13.0 Å². The molecule has 0 saturated carbocycles. The molecular weight excluding hydrogens is 308 g/mol. The molecule has 120 valence electrons. The molecule has 4 rings (SSSR count). The zero-order valence-corrected chi connectivity index (χ0v) is 13.7. The number of fused-ring (bicyclic) bond motifs is 1. The fourth-order valence-corrected chi connectivity index (χ4v) is 4.62. The molecule has 0 unspecified atom stereocenters. The molecule has 1 fully saturated rings. The van der Waals surface area contributed by atoms with Gasteiger partial charge >= 0.3 is 0 Å². The van der Waals surface area contributed by atoms with Crippen molar-refractivity contribution < 1.29 is 4.79 Å². The Morgan fingerprint density at radius 1 is 1.35 bits per heavy atom. The number of H-pyrrole nitrogens is 1. The summed E-state index contributed by atoms with van der Waals surface area (Å²) in [6.45, 7) is 2.07. The predicted molar refractivity (Wildman–Crippen MR) is 92.4 cm³/mol. The van der Waals surface area contributed by atoms with E-state index in [0.29, 0.717) is 5.56 Å². The van der Waals surface area contributed by atoms with Gasteiger partial charge in [-0.15, -0.1) is 0 Å². The zero-order valence-electron chi connectivity index (χ0n) is 12.9. The molecule has 23 heavy (non-hydrogen) atoms. The normalized spacial score (nSPS) is 21.3. The molecule has 0 bridgehead atoms. The molecule has 1 atom stereocenters. The monoisotopic (exact) mass is 328 g/mol. The molecule has 1 aromatic carbocycles. The average molecular weight is 328 g/mol. The Kier molecular flexibility index (Phi) is 3.87. The molecular formula is C17H20N4OS. The van der Waals surface area contributed by atoms with Crippen molar-refractivity contribution in [2.24, 2.45) is 5.73 Å². The number of nitrogens with zero attached hydrogens (tertiary/aromatic N) is 2. The Hall–Kier alpha value is -1.79. The van der Waals surface area contributed by atoms with Gasteiger partial charge in [0.1, 0.15) is 5.82 Å². The molecule has 3 heterocycles. The molecule has 2 aliphatic heterocycles. The first-order chi connectivity index (χ1) is 11.2. The number of rotatable bonds is 3. The molecule has 0 radical (unpaired) electrons. The quantitative estimate of drug-likeness (QED) is 0.904. The molecule has 0 spiro atoms. The molecule has 0 aliphatic carbocycles.